The molecule has 19 heavy (non-hydrogen) atoms. The molecule has 2 unspecified atom stereocenters. The summed E-state index contributed by atoms with van der Waals surface area (Å²) in [6, 6.07) is 0.0402. The standard InChI is InChI=1S/C11H20N6O2/c1-15(2)4-8-3-9(18)5-17(8)10(19)6-16-7-13-11(12)14-16/h7-9,18H,3-6H2,1-2H3,(H2,12,14). The zero-order chi connectivity index (χ0) is 14.0. The Labute approximate surface area is 111 Å². The van der Waals surface area contributed by atoms with E-state index in [9.17, 15) is 9.90 Å². The normalized spacial score (nSPS) is 23.3. The van der Waals surface area contributed by atoms with E-state index in [-0.39, 0.29) is 24.4 Å². The fourth-order valence-corrected chi connectivity index (χ4v) is 2.41. The highest BCUT2D eigenvalue weighted by molar-refractivity contribution is 5.76. The lowest BCUT2D eigenvalue weighted by Crippen LogP contribution is -2.43. The minimum Gasteiger partial charge on any atom is -0.391 e. The molecule has 1 aromatic rings. The maximum atomic E-state index is 12.2. The summed E-state index contributed by atoms with van der Waals surface area (Å²) >= 11 is 0. The van der Waals surface area contributed by atoms with Crippen LogP contribution in [-0.2, 0) is 11.3 Å². The Kier molecular flexibility index (Phi) is 4.01. The minimum absolute atomic E-state index is 0.0402. The number of carbonyl (C=O) groups excluding carboxylic acids is 1. The quantitative estimate of drug-likeness (QED) is 0.681. The molecule has 0 aliphatic carbocycles. The smallest absolute Gasteiger partial charge is 0.244 e. The Morgan fingerprint density at radius 2 is 2.37 bits per heavy atom. The molecular weight excluding hydrogens is 248 g/mol. The first-order chi connectivity index (χ1) is 8.95. The number of aromatic nitrogens is 3. The molecule has 1 aliphatic heterocycles. The van der Waals surface area contributed by atoms with E-state index in [1.165, 1.54) is 11.0 Å². The van der Waals surface area contributed by atoms with Gasteiger partial charge < -0.3 is 20.6 Å². The highest BCUT2D eigenvalue weighted by Crippen LogP contribution is 2.19. The van der Waals surface area contributed by atoms with Crippen LogP contribution in [0.25, 0.3) is 0 Å². The molecule has 0 radical (unpaired) electrons. The van der Waals surface area contributed by atoms with Gasteiger partial charge in [0.1, 0.15) is 12.9 Å². The van der Waals surface area contributed by atoms with Gasteiger partial charge in [0.05, 0.1) is 6.10 Å². The average Bonchev–Trinajstić information content (AvgIpc) is 2.84. The van der Waals surface area contributed by atoms with Gasteiger partial charge in [-0.15, -0.1) is 5.10 Å². The fourth-order valence-electron chi connectivity index (χ4n) is 2.41. The van der Waals surface area contributed by atoms with Crippen LogP contribution in [0, 0.1) is 0 Å². The molecule has 1 fully saturated rings. The summed E-state index contributed by atoms with van der Waals surface area (Å²) in [5.41, 5.74) is 5.41. The van der Waals surface area contributed by atoms with Crippen LogP contribution in [0.2, 0.25) is 0 Å². The largest absolute Gasteiger partial charge is 0.391 e. The second-order valence-electron chi connectivity index (χ2n) is 5.15. The Balaban J connectivity index is 2.00. The number of amides is 1. The molecule has 0 aromatic carbocycles. The highest BCUT2D eigenvalue weighted by atomic mass is 16.3. The molecule has 1 aliphatic rings. The van der Waals surface area contributed by atoms with E-state index < -0.39 is 6.10 Å². The van der Waals surface area contributed by atoms with Crippen LogP contribution in [0.5, 0.6) is 0 Å². The topological polar surface area (TPSA) is 101 Å². The summed E-state index contributed by atoms with van der Waals surface area (Å²) < 4.78 is 1.41. The van der Waals surface area contributed by atoms with Crippen LogP contribution in [0.15, 0.2) is 6.33 Å². The lowest BCUT2D eigenvalue weighted by molar-refractivity contribution is -0.133. The lowest BCUT2D eigenvalue weighted by atomic mass is 10.2. The average molecular weight is 268 g/mol. The number of likely N-dealkylation sites (N-methyl/N-ethyl adjacent to an activating group) is 1. The Bertz CT molecular complexity index is 446. The molecular formula is C11H20N6O2. The van der Waals surface area contributed by atoms with Gasteiger partial charge in [0.2, 0.25) is 11.9 Å². The number of nitrogens with zero attached hydrogens (tertiary/aromatic N) is 5. The Hall–Kier alpha value is -1.67. The number of aliphatic hydroxyl groups excluding tert-OH is 1. The van der Waals surface area contributed by atoms with E-state index >= 15 is 0 Å². The third kappa shape index (κ3) is 3.42. The number of carbonyl (C=O) groups is 1. The molecule has 2 rings (SSSR count). The number of aliphatic hydroxyl groups is 1. The molecule has 1 amide bonds. The first-order valence-corrected chi connectivity index (χ1v) is 6.23. The molecule has 0 spiro atoms. The van der Waals surface area contributed by atoms with Gasteiger partial charge in [0.15, 0.2) is 0 Å². The third-order valence-corrected chi connectivity index (χ3v) is 3.14. The molecule has 8 heteroatoms. The van der Waals surface area contributed by atoms with Crippen LogP contribution in [0.1, 0.15) is 6.42 Å². The number of rotatable bonds is 4. The van der Waals surface area contributed by atoms with Crippen molar-refractivity contribution in [2.45, 2.75) is 25.1 Å². The molecule has 3 N–H and O–H groups in total. The van der Waals surface area contributed by atoms with Crippen molar-refractivity contribution in [3.8, 4) is 0 Å². The van der Waals surface area contributed by atoms with E-state index in [0.717, 1.165) is 6.54 Å². The third-order valence-electron chi connectivity index (χ3n) is 3.14. The second-order valence-corrected chi connectivity index (χ2v) is 5.15. The summed E-state index contributed by atoms with van der Waals surface area (Å²) in [4.78, 5) is 19.7. The number of anilines is 1. The fraction of sp³-hybridized carbons (Fsp3) is 0.727. The van der Waals surface area contributed by atoms with Crippen molar-refractivity contribution in [2.75, 3.05) is 32.9 Å². The molecule has 1 saturated heterocycles. The van der Waals surface area contributed by atoms with Crippen molar-refractivity contribution < 1.29 is 9.90 Å². The van der Waals surface area contributed by atoms with Gasteiger partial charge in [-0.25, -0.2) is 9.67 Å². The van der Waals surface area contributed by atoms with Gasteiger partial charge in [-0.05, 0) is 20.5 Å². The van der Waals surface area contributed by atoms with Crippen LogP contribution >= 0.6 is 0 Å². The summed E-state index contributed by atoms with van der Waals surface area (Å²) in [5, 5.41) is 13.6. The second kappa shape index (κ2) is 5.54. The molecule has 2 atom stereocenters. The number of likely N-dealkylation sites (tertiary alicyclic amines) is 1. The monoisotopic (exact) mass is 268 g/mol. The van der Waals surface area contributed by atoms with Gasteiger partial charge >= 0.3 is 0 Å². The first-order valence-electron chi connectivity index (χ1n) is 6.23. The van der Waals surface area contributed by atoms with Gasteiger partial charge in [-0.2, -0.15) is 0 Å². The summed E-state index contributed by atoms with van der Waals surface area (Å²) in [7, 11) is 3.90. The number of nitrogens with two attached hydrogens (primary N) is 1. The van der Waals surface area contributed by atoms with Crippen molar-refractivity contribution in [1.29, 1.82) is 0 Å². The number of nitrogen functional groups attached to an aromatic ring is 1. The Morgan fingerprint density at radius 3 is 2.95 bits per heavy atom. The predicted octanol–water partition coefficient (Wildman–Crippen LogP) is -1.62. The highest BCUT2D eigenvalue weighted by Gasteiger charge is 2.34. The maximum Gasteiger partial charge on any atom is 0.244 e. The molecule has 2 heterocycles. The van der Waals surface area contributed by atoms with Crippen molar-refractivity contribution in [3.05, 3.63) is 6.33 Å². The van der Waals surface area contributed by atoms with E-state index in [1.807, 2.05) is 19.0 Å². The Morgan fingerprint density at radius 1 is 1.63 bits per heavy atom. The maximum absolute atomic E-state index is 12.2. The van der Waals surface area contributed by atoms with Crippen molar-refractivity contribution in [1.82, 2.24) is 24.6 Å². The van der Waals surface area contributed by atoms with Gasteiger partial charge in [-0.3, -0.25) is 4.79 Å². The molecule has 106 valence electrons. The van der Waals surface area contributed by atoms with E-state index in [1.54, 1.807) is 4.90 Å². The molecule has 0 saturated carbocycles. The predicted molar refractivity (Wildman–Crippen MR) is 69.1 cm³/mol. The van der Waals surface area contributed by atoms with Gasteiger partial charge in [0, 0.05) is 19.1 Å². The summed E-state index contributed by atoms with van der Waals surface area (Å²) in [5.74, 6) is 0.0763. The zero-order valence-corrected chi connectivity index (χ0v) is 11.2. The van der Waals surface area contributed by atoms with Crippen molar-refractivity contribution in [2.24, 2.45) is 0 Å². The zero-order valence-electron chi connectivity index (χ0n) is 11.2. The van der Waals surface area contributed by atoms with E-state index in [4.69, 9.17) is 5.73 Å². The molecule has 1 aromatic heterocycles. The van der Waals surface area contributed by atoms with E-state index in [2.05, 4.69) is 10.1 Å². The number of β-amino-alcohol motifs (C(OH)–C–C–N with tert-alkyl or cyclic N) is 1. The summed E-state index contributed by atoms with van der Waals surface area (Å²) in [6.07, 6.45) is 1.60. The van der Waals surface area contributed by atoms with Crippen LogP contribution < -0.4 is 5.73 Å². The van der Waals surface area contributed by atoms with Gasteiger partial charge in [-0.1, -0.05) is 0 Å². The SMILES string of the molecule is CN(C)CC1CC(O)CN1C(=O)Cn1cnc(N)n1. The summed E-state index contributed by atoms with van der Waals surface area (Å²) in [6.45, 7) is 1.21. The number of hydrogen-bond acceptors (Lipinski definition) is 6. The lowest BCUT2D eigenvalue weighted by Gasteiger charge is -2.26. The van der Waals surface area contributed by atoms with Crippen LogP contribution in [0.3, 0.4) is 0 Å². The molecule has 0 bridgehead atoms. The minimum atomic E-state index is -0.449. The number of hydrogen-bond donors (Lipinski definition) is 2. The van der Waals surface area contributed by atoms with Crippen molar-refractivity contribution >= 4 is 11.9 Å². The first kappa shape index (κ1) is 13.8. The molecule has 8 nitrogen and oxygen atoms in total. The van der Waals surface area contributed by atoms with Crippen molar-refractivity contribution in [3.63, 3.8) is 0 Å². The van der Waals surface area contributed by atoms with E-state index in [0.29, 0.717) is 13.0 Å². The van der Waals surface area contributed by atoms with Crippen LogP contribution in [-0.4, -0.2) is 74.9 Å². The van der Waals surface area contributed by atoms with Gasteiger partial charge in [0.25, 0.3) is 0 Å². The van der Waals surface area contributed by atoms with Crippen LogP contribution in [0.4, 0.5) is 5.95 Å².